The van der Waals surface area contributed by atoms with Crippen LogP contribution in [0.15, 0.2) is 42.6 Å². The number of ether oxygens (including phenoxy) is 1. The smallest absolute Gasteiger partial charge is 0.246 e. The van der Waals surface area contributed by atoms with Gasteiger partial charge in [0.15, 0.2) is 0 Å². The number of nitrogens with one attached hydrogen (secondary N) is 2. The van der Waals surface area contributed by atoms with E-state index in [1.165, 1.54) is 23.1 Å². The molecule has 1 aliphatic rings. The Hall–Kier alpha value is -4.01. The van der Waals surface area contributed by atoms with Crippen LogP contribution >= 0.6 is 0 Å². The molecule has 0 spiro atoms. The fraction of sp³-hybridized carbons (Fsp3) is 0.448. The monoisotopic (exact) mass is 551 g/mol. The topological polar surface area (TPSA) is 103 Å². The van der Waals surface area contributed by atoms with Gasteiger partial charge in [0.05, 0.1) is 25.0 Å². The van der Waals surface area contributed by atoms with Gasteiger partial charge in [0.25, 0.3) is 0 Å². The molecule has 1 atom stereocenters. The summed E-state index contributed by atoms with van der Waals surface area (Å²) < 4.78 is 19.1. The highest BCUT2D eigenvalue weighted by Crippen LogP contribution is 2.22. The lowest BCUT2D eigenvalue weighted by Gasteiger charge is -2.28. The molecule has 0 radical (unpaired) electrons. The molecule has 10 nitrogen and oxygen atoms in total. The van der Waals surface area contributed by atoms with Gasteiger partial charge in [0.2, 0.25) is 17.8 Å². The molecule has 2 aromatic rings. The molecule has 2 heterocycles. The zero-order chi connectivity index (χ0) is 28.9. The number of unbranched alkanes of at least 4 members (excludes halogenated alkanes) is 1. The molecule has 2 N–H and O–H groups in total. The van der Waals surface area contributed by atoms with Gasteiger partial charge in [-0.2, -0.15) is 4.98 Å². The highest BCUT2D eigenvalue weighted by Gasteiger charge is 2.20. The van der Waals surface area contributed by atoms with Gasteiger partial charge in [-0.1, -0.05) is 24.0 Å². The lowest BCUT2D eigenvalue weighted by atomic mass is 10.2. The molecule has 40 heavy (non-hydrogen) atoms. The van der Waals surface area contributed by atoms with Crippen molar-refractivity contribution in [3.05, 3.63) is 54.0 Å². The summed E-state index contributed by atoms with van der Waals surface area (Å²) in [6.07, 6.45) is 6.13. The Labute approximate surface area is 235 Å². The standard InChI is InChI=1S/C29H38FN7O3/c1-22(36(4)26(38)13-9-15-35(2)3)28(39)31-14-7-5-6-10-23-21-32-29(33-25-12-8-11-24(30)20-25)34-27(23)37-16-18-40-19-17-37/h8-9,11-13,20-22H,5,7,14-19H2,1-4H3,(H,31,39)(H,32,33,34)/t22-/m0/s1. The maximum Gasteiger partial charge on any atom is 0.246 e. The summed E-state index contributed by atoms with van der Waals surface area (Å²) in [6, 6.07) is 5.53. The van der Waals surface area contributed by atoms with E-state index in [0.29, 0.717) is 75.3 Å². The molecule has 1 fully saturated rings. The minimum absolute atomic E-state index is 0.214. The molecule has 1 aromatic heterocycles. The third-order valence-electron chi connectivity index (χ3n) is 6.20. The number of aromatic nitrogens is 2. The first-order valence-corrected chi connectivity index (χ1v) is 13.3. The summed E-state index contributed by atoms with van der Waals surface area (Å²) in [7, 11) is 5.45. The number of amides is 2. The minimum atomic E-state index is -0.588. The lowest BCUT2D eigenvalue weighted by Crippen LogP contribution is -2.45. The number of hydrogen-bond acceptors (Lipinski definition) is 8. The van der Waals surface area contributed by atoms with E-state index in [4.69, 9.17) is 4.74 Å². The maximum absolute atomic E-state index is 13.6. The normalized spacial score (nSPS) is 14.0. The molecule has 0 saturated carbocycles. The fourth-order valence-electron chi connectivity index (χ4n) is 3.78. The van der Waals surface area contributed by atoms with Crippen molar-refractivity contribution in [3.8, 4) is 11.8 Å². The van der Waals surface area contributed by atoms with Gasteiger partial charge in [-0.25, -0.2) is 9.37 Å². The Kier molecular flexibility index (Phi) is 11.9. The van der Waals surface area contributed by atoms with Crippen LogP contribution < -0.4 is 15.5 Å². The van der Waals surface area contributed by atoms with E-state index < -0.39 is 6.04 Å². The van der Waals surface area contributed by atoms with E-state index in [2.05, 4.69) is 37.3 Å². The first-order chi connectivity index (χ1) is 19.2. The quantitative estimate of drug-likeness (QED) is 0.249. The summed E-state index contributed by atoms with van der Waals surface area (Å²) >= 11 is 0. The Bertz CT molecular complexity index is 1240. The van der Waals surface area contributed by atoms with Crippen LogP contribution in [0.1, 0.15) is 25.3 Å². The number of rotatable bonds is 11. The predicted octanol–water partition coefficient (Wildman–Crippen LogP) is 2.41. The van der Waals surface area contributed by atoms with Crippen LogP contribution in [0.3, 0.4) is 0 Å². The van der Waals surface area contributed by atoms with Gasteiger partial charge < -0.3 is 30.1 Å². The van der Waals surface area contributed by atoms with Crippen molar-refractivity contribution in [1.29, 1.82) is 0 Å². The van der Waals surface area contributed by atoms with Crippen molar-refractivity contribution in [1.82, 2.24) is 25.1 Å². The molecule has 1 aliphatic heterocycles. The number of anilines is 3. The van der Waals surface area contributed by atoms with Crippen molar-refractivity contribution < 1.29 is 18.7 Å². The van der Waals surface area contributed by atoms with Crippen LogP contribution in [0.25, 0.3) is 0 Å². The van der Waals surface area contributed by atoms with E-state index in [9.17, 15) is 14.0 Å². The molecule has 2 amide bonds. The second-order valence-corrected chi connectivity index (χ2v) is 9.65. The van der Waals surface area contributed by atoms with E-state index in [0.717, 1.165) is 0 Å². The average Bonchev–Trinajstić information content (AvgIpc) is 2.94. The van der Waals surface area contributed by atoms with Crippen molar-refractivity contribution in [2.45, 2.75) is 25.8 Å². The van der Waals surface area contributed by atoms with Crippen molar-refractivity contribution in [2.24, 2.45) is 0 Å². The number of halogens is 1. The van der Waals surface area contributed by atoms with Gasteiger partial charge in [-0.15, -0.1) is 0 Å². The largest absolute Gasteiger partial charge is 0.378 e. The number of hydrogen-bond donors (Lipinski definition) is 2. The second-order valence-electron chi connectivity index (χ2n) is 9.65. The highest BCUT2D eigenvalue weighted by atomic mass is 19.1. The third-order valence-corrected chi connectivity index (χ3v) is 6.20. The molecule has 0 aliphatic carbocycles. The summed E-state index contributed by atoms with van der Waals surface area (Å²) in [5.74, 6) is 6.58. The molecule has 214 valence electrons. The predicted molar refractivity (Wildman–Crippen MR) is 154 cm³/mol. The van der Waals surface area contributed by atoms with Gasteiger partial charge >= 0.3 is 0 Å². The number of likely N-dealkylation sites (N-methyl/N-ethyl adjacent to an activating group) is 2. The molecular formula is C29H38FN7O3. The van der Waals surface area contributed by atoms with Crippen LogP contribution in [-0.4, -0.2) is 98.2 Å². The molecule has 1 saturated heterocycles. The SMILES string of the molecule is C[C@@H](C(=O)NCCCC#Cc1cnc(Nc2cccc(F)c2)nc1N1CCOCC1)N(C)C(=O)C=CCN(C)C. The average molecular weight is 552 g/mol. The van der Waals surface area contributed by atoms with Crippen molar-refractivity contribution in [3.63, 3.8) is 0 Å². The van der Waals surface area contributed by atoms with E-state index >= 15 is 0 Å². The first-order valence-electron chi connectivity index (χ1n) is 13.3. The maximum atomic E-state index is 13.6. The first kappa shape index (κ1) is 30.5. The molecule has 11 heteroatoms. The van der Waals surface area contributed by atoms with Crippen LogP contribution in [0.4, 0.5) is 21.8 Å². The molecule has 0 unspecified atom stereocenters. The lowest BCUT2D eigenvalue weighted by molar-refractivity contribution is -0.135. The molecular weight excluding hydrogens is 513 g/mol. The summed E-state index contributed by atoms with van der Waals surface area (Å²) in [4.78, 5) is 39.3. The Morgan fingerprint density at radius 3 is 2.75 bits per heavy atom. The van der Waals surface area contributed by atoms with Crippen LogP contribution in [0.5, 0.6) is 0 Å². The van der Waals surface area contributed by atoms with Gasteiger partial charge in [0, 0.05) is 51.4 Å². The summed E-state index contributed by atoms with van der Waals surface area (Å²) in [5.41, 5.74) is 1.24. The van der Waals surface area contributed by atoms with E-state index in [1.807, 2.05) is 19.0 Å². The van der Waals surface area contributed by atoms with Gasteiger partial charge in [0.1, 0.15) is 17.7 Å². The summed E-state index contributed by atoms with van der Waals surface area (Å²) in [6.45, 7) is 5.34. The molecule has 3 rings (SSSR count). The molecule has 1 aromatic carbocycles. The molecule has 0 bridgehead atoms. The third kappa shape index (κ3) is 9.63. The van der Waals surface area contributed by atoms with Crippen LogP contribution in [0, 0.1) is 17.7 Å². The number of morpholine rings is 1. The fourth-order valence-corrected chi connectivity index (χ4v) is 3.78. The number of nitrogens with zero attached hydrogens (tertiary/aromatic N) is 5. The number of carbonyl (C=O) groups is 2. The highest BCUT2D eigenvalue weighted by molar-refractivity contribution is 5.92. The zero-order valence-corrected chi connectivity index (χ0v) is 23.6. The number of carbonyl (C=O) groups excluding carboxylic acids is 2. The zero-order valence-electron chi connectivity index (χ0n) is 23.6. The Morgan fingerprint density at radius 1 is 1.25 bits per heavy atom. The number of benzene rings is 1. The van der Waals surface area contributed by atoms with Crippen LogP contribution in [-0.2, 0) is 14.3 Å². The van der Waals surface area contributed by atoms with Gasteiger partial charge in [-0.3, -0.25) is 9.59 Å². The summed E-state index contributed by atoms with van der Waals surface area (Å²) in [5, 5.41) is 5.92. The van der Waals surface area contributed by atoms with E-state index in [-0.39, 0.29) is 17.6 Å². The Morgan fingerprint density at radius 2 is 2.02 bits per heavy atom. The van der Waals surface area contributed by atoms with E-state index in [1.54, 1.807) is 38.4 Å². The van der Waals surface area contributed by atoms with Crippen molar-refractivity contribution in [2.75, 3.05) is 70.8 Å². The Balaban J connectivity index is 1.54. The van der Waals surface area contributed by atoms with Crippen molar-refractivity contribution >= 4 is 29.3 Å². The second kappa shape index (κ2) is 15.5. The van der Waals surface area contributed by atoms with Crippen LogP contribution in [0.2, 0.25) is 0 Å². The minimum Gasteiger partial charge on any atom is -0.378 e. The van der Waals surface area contributed by atoms with Gasteiger partial charge in [-0.05, 0) is 45.6 Å².